The average Bonchev–Trinajstić information content (AvgIpc) is 3.60. The third-order valence-corrected chi connectivity index (χ3v) is 10.2. The van der Waals surface area contributed by atoms with Crippen LogP contribution in [-0.2, 0) is 30.7 Å². The maximum absolute atomic E-state index is 13.9. The Kier molecular flexibility index (Phi) is 11.4. The van der Waals surface area contributed by atoms with Crippen molar-refractivity contribution >= 4 is 16.1 Å². The van der Waals surface area contributed by atoms with Crippen molar-refractivity contribution < 1.29 is 37.6 Å². The van der Waals surface area contributed by atoms with Crippen molar-refractivity contribution in [3.63, 3.8) is 0 Å². The van der Waals surface area contributed by atoms with Crippen LogP contribution in [0.1, 0.15) is 57.3 Å². The lowest BCUT2D eigenvalue weighted by atomic mass is 10.0. The van der Waals surface area contributed by atoms with Gasteiger partial charge in [-0.25, -0.2) is 13.2 Å². The fourth-order valence-corrected chi connectivity index (χ4v) is 7.06. The number of ether oxygens (including phenoxy) is 3. The topological polar surface area (TPSA) is 135 Å². The first-order chi connectivity index (χ1) is 20.1. The molecule has 10 nitrogen and oxygen atoms in total. The monoisotopic (exact) mass is 604 g/mol. The van der Waals surface area contributed by atoms with Crippen molar-refractivity contribution in [2.75, 3.05) is 26.3 Å². The number of nitrogens with one attached hydrogen (secondary N) is 1. The maximum Gasteiger partial charge on any atom is 0.407 e. The van der Waals surface area contributed by atoms with Crippen LogP contribution in [0.5, 0.6) is 0 Å². The van der Waals surface area contributed by atoms with Gasteiger partial charge in [-0.15, -0.1) is 0 Å². The van der Waals surface area contributed by atoms with E-state index in [-0.39, 0.29) is 49.1 Å². The summed E-state index contributed by atoms with van der Waals surface area (Å²) >= 11 is 0. The molecule has 2 aliphatic rings. The minimum Gasteiger partial charge on any atom is -0.443 e. The molecule has 2 aromatic rings. The highest BCUT2D eigenvalue weighted by atomic mass is 32.2. The molecule has 2 aliphatic heterocycles. The van der Waals surface area contributed by atoms with Crippen LogP contribution < -0.4 is 5.32 Å². The van der Waals surface area contributed by atoms with E-state index in [1.54, 1.807) is 19.1 Å². The Bertz CT molecular complexity index is 1240. The first-order valence-corrected chi connectivity index (χ1v) is 16.3. The zero-order valence-corrected chi connectivity index (χ0v) is 25.4. The molecule has 4 rings (SSSR count). The minimum atomic E-state index is -4.00. The Morgan fingerprint density at radius 2 is 1.74 bits per heavy atom. The molecule has 232 valence electrons. The summed E-state index contributed by atoms with van der Waals surface area (Å²) in [5.41, 5.74) is 1.48. The number of benzene rings is 2. The minimum absolute atomic E-state index is 0.0332. The summed E-state index contributed by atoms with van der Waals surface area (Å²) in [7, 11) is -4.00. The van der Waals surface area contributed by atoms with Crippen LogP contribution in [0.2, 0.25) is 0 Å². The second kappa shape index (κ2) is 14.8. The Labute approximate surface area is 249 Å². The lowest BCUT2D eigenvalue weighted by molar-refractivity contribution is -0.0907. The number of fused-ring (bicyclic) bond motifs is 1. The number of nitrogens with zero attached hydrogens (tertiary/aromatic N) is 1. The van der Waals surface area contributed by atoms with Crippen LogP contribution in [-0.4, -0.2) is 79.9 Å². The number of alkyl carbamates (subject to hydrolysis) is 1. The number of carbonyl (C=O) groups excluding carboxylic acids is 1. The molecule has 6 atom stereocenters. The maximum atomic E-state index is 13.9. The average molecular weight is 605 g/mol. The molecule has 11 heteroatoms. The number of amides is 1. The number of hydrogen-bond acceptors (Lipinski definition) is 8. The van der Waals surface area contributed by atoms with Crippen LogP contribution in [0.4, 0.5) is 4.79 Å². The Hall–Kier alpha value is -2.54. The molecular formula is C31H44N2O8S. The van der Waals surface area contributed by atoms with Gasteiger partial charge in [0, 0.05) is 13.1 Å². The van der Waals surface area contributed by atoms with Crippen molar-refractivity contribution in [1.29, 1.82) is 0 Å². The molecule has 0 bridgehead atoms. The van der Waals surface area contributed by atoms with Crippen molar-refractivity contribution in [3.8, 4) is 0 Å². The van der Waals surface area contributed by atoms with Gasteiger partial charge in [0.1, 0.15) is 6.10 Å². The molecule has 2 heterocycles. The van der Waals surface area contributed by atoms with E-state index in [9.17, 15) is 23.4 Å². The van der Waals surface area contributed by atoms with Gasteiger partial charge in [-0.3, -0.25) is 0 Å². The van der Waals surface area contributed by atoms with E-state index in [2.05, 4.69) is 5.32 Å². The molecule has 2 saturated heterocycles. The van der Waals surface area contributed by atoms with Gasteiger partial charge in [0.2, 0.25) is 10.0 Å². The highest BCUT2D eigenvalue weighted by Gasteiger charge is 2.44. The SMILES string of the molecule is CCC(CC)CN(C[C@@H](O)[C@H](Cc1ccccc1)NC(=O)O[C@H]1CO[C@H]2OCC[C@H]21)S(=O)(=O)c1ccc([C@H](C)O)cc1. The second-order valence-corrected chi connectivity index (χ2v) is 13.2. The van der Waals surface area contributed by atoms with Gasteiger partial charge in [-0.05, 0) is 48.9 Å². The quantitative estimate of drug-likeness (QED) is 0.298. The molecule has 1 amide bonds. The fraction of sp³-hybridized carbons (Fsp3) is 0.581. The van der Waals surface area contributed by atoms with E-state index in [0.717, 1.165) is 24.8 Å². The van der Waals surface area contributed by atoms with Gasteiger partial charge in [-0.1, -0.05) is 69.2 Å². The second-order valence-electron chi connectivity index (χ2n) is 11.2. The largest absolute Gasteiger partial charge is 0.443 e. The lowest BCUT2D eigenvalue weighted by Crippen LogP contribution is -2.52. The van der Waals surface area contributed by atoms with Gasteiger partial charge >= 0.3 is 6.09 Å². The number of rotatable bonds is 14. The summed E-state index contributed by atoms with van der Waals surface area (Å²) in [6, 6.07) is 14.7. The molecule has 0 aromatic heterocycles. The van der Waals surface area contributed by atoms with E-state index in [4.69, 9.17) is 14.2 Å². The van der Waals surface area contributed by atoms with E-state index in [1.807, 2.05) is 44.2 Å². The summed E-state index contributed by atoms with van der Waals surface area (Å²) in [6.45, 7) is 6.42. The Morgan fingerprint density at radius 1 is 1.05 bits per heavy atom. The van der Waals surface area contributed by atoms with Crippen molar-refractivity contribution in [2.24, 2.45) is 11.8 Å². The fourth-order valence-electron chi connectivity index (χ4n) is 5.53. The van der Waals surface area contributed by atoms with Crippen molar-refractivity contribution in [3.05, 3.63) is 65.7 Å². The van der Waals surface area contributed by atoms with E-state index in [0.29, 0.717) is 12.2 Å². The van der Waals surface area contributed by atoms with Crippen LogP contribution in [0.25, 0.3) is 0 Å². The highest BCUT2D eigenvalue weighted by molar-refractivity contribution is 7.89. The molecule has 2 aromatic carbocycles. The smallest absolute Gasteiger partial charge is 0.407 e. The molecule has 0 aliphatic carbocycles. The highest BCUT2D eigenvalue weighted by Crippen LogP contribution is 2.33. The number of carbonyl (C=O) groups is 1. The van der Waals surface area contributed by atoms with Gasteiger partial charge in [0.25, 0.3) is 0 Å². The number of aliphatic hydroxyl groups is 2. The lowest BCUT2D eigenvalue weighted by Gasteiger charge is -2.31. The third kappa shape index (κ3) is 8.09. The van der Waals surface area contributed by atoms with Crippen LogP contribution in [0, 0.1) is 11.8 Å². The van der Waals surface area contributed by atoms with Gasteiger partial charge in [0.05, 0.1) is 42.3 Å². The summed E-state index contributed by atoms with van der Waals surface area (Å²) in [5.74, 6) is 0.0484. The molecular weight excluding hydrogens is 560 g/mol. The van der Waals surface area contributed by atoms with Crippen molar-refractivity contribution in [2.45, 2.75) is 82.0 Å². The molecule has 0 unspecified atom stereocenters. The van der Waals surface area contributed by atoms with E-state index in [1.165, 1.54) is 16.4 Å². The molecule has 42 heavy (non-hydrogen) atoms. The summed E-state index contributed by atoms with van der Waals surface area (Å²) < 4.78 is 45.8. The standard InChI is InChI=1S/C31H44N2O8S/c1-4-22(5-2)18-33(42(37,38)25-13-11-24(12-14-25)21(3)34)19-28(35)27(17-23-9-7-6-8-10-23)32-31(36)41-29-20-40-30-26(29)15-16-39-30/h6-14,21-22,26-30,34-35H,4-5,15-20H2,1-3H3,(H,32,36)/t21-,26-,27-,28+,29-,30+/m0/s1. The molecule has 0 radical (unpaired) electrons. The number of hydrogen-bond donors (Lipinski definition) is 3. The first kappa shape index (κ1) is 32.4. The summed E-state index contributed by atoms with van der Waals surface area (Å²) in [4.78, 5) is 13.1. The number of aliphatic hydroxyl groups excluding tert-OH is 2. The summed E-state index contributed by atoms with van der Waals surface area (Å²) in [6.07, 6.45) is -0.929. The van der Waals surface area contributed by atoms with Crippen LogP contribution in [0.15, 0.2) is 59.5 Å². The number of sulfonamides is 1. The molecule has 0 saturated carbocycles. The van der Waals surface area contributed by atoms with Gasteiger partial charge < -0.3 is 29.7 Å². The van der Waals surface area contributed by atoms with Crippen LogP contribution in [0.3, 0.4) is 0 Å². The first-order valence-electron chi connectivity index (χ1n) is 14.8. The molecule has 3 N–H and O–H groups in total. The third-order valence-electron chi connectivity index (χ3n) is 8.32. The van der Waals surface area contributed by atoms with Crippen LogP contribution >= 0.6 is 0 Å². The zero-order valence-electron chi connectivity index (χ0n) is 24.6. The predicted molar refractivity (Wildman–Crippen MR) is 157 cm³/mol. The molecule has 0 spiro atoms. The zero-order chi connectivity index (χ0) is 30.3. The normalized spacial score (nSPS) is 22.6. The predicted octanol–water partition coefficient (Wildman–Crippen LogP) is 3.63. The summed E-state index contributed by atoms with van der Waals surface area (Å²) in [5, 5.41) is 24.2. The van der Waals surface area contributed by atoms with E-state index < -0.39 is 40.5 Å². The van der Waals surface area contributed by atoms with Gasteiger partial charge in [0.15, 0.2) is 6.29 Å². The Morgan fingerprint density at radius 3 is 2.38 bits per heavy atom. The Balaban J connectivity index is 1.54. The van der Waals surface area contributed by atoms with Crippen molar-refractivity contribution in [1.82, 2.24) is 9.62 Å². The van der Waals surface area contributed by atoms with Gasteiger partial charge in [-0.2, -0.15) is 4.31 Å². The molecule has 2 fully saturated rings. The van der Waals surface area contributed by atoms with E-state index >= 15 is 0 Å².